The Morgan fingerprint density at radius 2 is 1.72 bits per heavy atom. The molecular weight excluding hydrogens is 420 g/mol. The summed E-state index contributed by atoms with van der Waals surface area (Å²) in [6.07, 6.45) is 0.594. The van der Waals surface area contributed by atoms with E-state index in [9.17, 15) is 24.5 Å². The maximum absolute atomic E-state index is 12.3. The molecule has 11 nitrogen and oxygen atoms in total. The molecule has 0 unspecified atom stereocenters. The van der Waals surface area contributed by atoms with Gasteiger partial charge in [0.15, 0.2) is 0 Å². The number of nitrogens with zero attached hydrogens (tertiary/aromatic N) is 1. The van der Waals surface area contributed by atoms with Gasteiger partial charge in [-0.25, -0.2) is 10.3 Å². The van der Waals surface area contributed by atoms with Crippen molar-refractivity contribution >= 4 is 23.6 Å². The van der Waals surface area contributed by atoms with Crippen molar-refractivity contribution in [2.45, 2.75) is 31.9 Å². The summed E-state index contributed by atoms with van der Waals surface area (Å²) < 4.78 is 5.09. The molecule has 4 N–H and O–H groups in total. The number of amides is 3. The largest absolute Gasteiger partial charge is 0.445 e. The number of hydrogen-bond acceptors (Lipinski definition) is 7. The second kappa shape index (κ2) is 12.6. The Morgan fingerprint density at radius 1 is 1.03 bits per heavy atom. The molecule has 0 heterocycles. The standard InChI is InChI=1S/C21H24N4O7/c26-19(16-9-11-17(12-10-16)25(30)31)23-18(20(27)24-29)8-4-5-13-22-21(28)32-14-15-6-2-1-3-7-15/h1-3,6-7,9-12,18,29H,4-5,8,13-14H2,(H,22,28)(H,23,26)(H,24,27)/t18-/m0/s1. The molecule has 0 aromatic heterocycles. The van der Waals surface area contributed by atoms with Crippen LogP contribution in [0.2, 0.25) is 0 Å². The van der Waals surface area contributed by atoms with Crippen molar-refractivity contribution in [3.63, 3.8) is 0 Å². The molecule has 0 aliphatic heterocycles. The number of alkyl carbamates (subject to hydrolysis) is 1. The summed E-state index contributed by atoms with van der Waals surface area (Å²) in [7, 11) is 0. The van der Waals surface area contributed by atoms with E-state index >= 15 is 0 Å². The van der Waals surface area contributed by atoms with Gasteiger partial charge in [-0.15, -0.1) is 0 Å². The highest BCUT2D eigenvalue weighted by molar-refractivity contribution is 5.97. The molecular formula is C21H24N4O7. The van der Waals surface area contributed by atoms with Gasteiger partial charge in [-0.05, 0) is 37.0 Å². The highest BCUT2D eigenvalue weighted by Crippen LogP contribution is 2.12. The summed E-state index contributed by atoms with van der Waals surface area (Å²) in [5, 5.41) is 24.7. The third kappa shape index (κ3) is 8.03. The lowest BCUT2D eigenvalue weighted by Crippen LogP contribution is -2.45. The van der Waals surface area contributed by atoms with Crippen LogP contribution in [0.5, 0.6) is 0 Å². The highest BCUT2D eigenvalue weighted by Gasteiger charge is 2.21. The third-order valence-corrected chi connectivity index (χ3v) is 4.47. The number of nitro groups is 1. The molecule has 2 aromatic rings. The van der Waals surface area contributed by atoms with Crippen molar-refractivity contribution < 1.29 is 29.3 Å². The normalized spacial score (nSPS) is 11.2. The minimum absolute atomic E-state index is 0.133. The van der Waals surface area contributed by atoms with Gasteiger partial charge in [0.1, 0.15) is 12.6 Å². The highest BCUT2D eigenvalue weighted by atomic mass is 16.6. The zero-order chi connectivity index (χ0) is 23.3. The van der Waals surface area contributed by atoms with E-state index in [1.807, 2.05) is 30.3 Å². The number of carbonyl (C=O) groups excluding carboxylic acids is 3. The van der Waals surface area contributed by atoms with E-state index in [1.165, 1.54) is 29.7 Å². The fourth-order valence-corrected chi connectivity index (χ4v) is 2.76. The van der Waals surface area contributed by atoms with Crippen LogP contribution in [0, 0.1) is 10.1 Å². The number of nitrogens with one attached hydrogen (secondary N) is 3. The number of hydroxylamine groups is 1. The average Bonchev–Trinajstić information content (AvgIpc) is 2.81. The zero-order valence-electron chi connectivity index (χ0n) is 17.2. The predicted molar refractivity (Wildman–Crippen MR) is 113 cm³/mol. The Labute approximate surface area is 183 Å². The topological polar surface area (TPSA) is 160 Å². The summed E-state index contributed by atoms with van der Waals surface area (Å²) >= 11 is 0. The van der Waals surface area contributed by atoms with Gasteiger partial charge in [0, 0.05) is 24.2 Å². The summed E-state index contributed by atoms with van der Waals surface area (Å²) in [5.41, 5.74) is 2.34. The summed E-state index contributed by atoms with van der Waals surface area (Å²) in [6, 6.07) is 13.1. The van der Waals surface area contributed by atoms with E-state index in [2.05, 4.69) is 10.6 Å². The van der Waals surface area contributed by atoms with Gasteiger partial charge in [-0.1, -0.05) is 30.3 Å². The molecule has 0 saturated carbocycles. The van der Waals surface area contributed by atoms with Crippen LogP contribution in [0.25, 0.3) is 0 Å². The van der Waals surface area contributed by atoms with Crippen LogP contribution in [0.15, 0.2) is 54.6 Å². The number of carbonyl (C=O) groups is 3. The van der Waals surface area contributed by atoms with E-state index in [0.717, 1.165) is 5.56 Å². The molecule has 170 valence electrons. The molecule has 3 amide bonds. The minimum Gasteiger partial charge on any atom is -0.445 e. The maximum Gasteiger partial charge on any atom is 0.407 e. The molecule has 0 spiro atoms. The lowest BCUT2D eigenvalue weighted by Gasteiger charge is -2.17. The minimum atomic E-state index is -1.02. The van der Waals surface area contributed by atoms with Crippen molar-refractivity contribution in [3.05, 3.63) is 75.8 Å². The van der Waals surface area contributed by atoms with Gasteiger partial charge in [-0.3, -0.25) is 24.9 Å². The van der Waals surface area contributed by atoms with E-state index in [1.54, 1.807) is 0 Å². The van der Waals surface area contributed by atoms with Crippen LogP contribution in [0.4, 0.5) is 10.5 Å². The number of rotatable bonds is 11. The first kappa shape index (κ1) is 24.3. The molecule has 0 bridgehead atoms. The molecule has 2 aromatic carbocycles. The second-order valence-corrected chi connectivity index (χ2v) is 6.79. The molecule has 0 fully saturated rings. The monoisotopic (exact) mass is 444 g/mol. The fraction of sp³-hybridized carbons (Fsp3) is 0.286. The molecule has 0 aliphatic carbocycles. The maximum atomic E-state index is 12.3. The Bertz CT molecular complexity index is 920. The van der Waals surface area contributed by atoms with E-state index in [4.69, 9.17) is 9.94 Å². The summed E-state index contributed by atoms with van der Waals surface area (Å²) in [5.74, 6) is -1.41. The van der Waals surface area contributed by atoms with Crippen LogP contribution in [-0.4, -0.2) is 40.6 Å². The Kier molecular flexibility index (Phi) is 9.60. The number of non-ortho nitro benzene ring substituents is 1. The van der Waals surface area contributed by atoms with Gasteiger partial charge >= 0.3 is 6.09 Å². The number of unbranched alkanes of at least 4 members (excludes halogenated alkanes) is 1. The Morgan fingerprint density at radius 3 is 2.34 bits per heavy atom. The summed E-state index contributed by atoms with van der Waals surface area (Å²) in [4.78, 5) is 46.0. The van der Waals surface area contributed by atoms with Crippen molar-refractivity contribution in [3.8, 4) is 0 Å². The number of nitro benzene ring substituents is 1. The van der Waals surface area contributed by atoms with E-state index in [-0.39, 0.29) is 24.3 Å². The fourth-order valence-electron chi connectivity index (χ4n) is 2.76. The molecule has 0 saturated heterocycles. The van der Waals surface area contributed by atoms with Gasteiger partial charge in [0.05, 0.1) is 4.92 Å². The van der Waals surface area contributed by atoms with Crippen molar-refractivity contribution in [2.75, 3.05) is 6.54 Å². The van der Waals surface area contributed by atoms with Crippen molar-refractivity contribution in [1.29, 1.82) is 0 Å². The number of benzene rings is 2. The van der Waals surface area contributed by atoms with Gasteiger partial charge in [0.25, 0.3) is 17.5 Å². The zero-order valence-corrected chi connectivity index (χ0v) is 17.2. The quantitative estimate of drug-likeness (QED) is 0.179. The molecule has 0 aliphatic rings. The van der Waals surface area contributed by atoms with E-state index in [0.29, 0.717) is 19.4 Å². The average molecular weight is 444 g/mol. The number of hydrogen-bond donors (Lipinski definition) is 4. The molecule has 1 atom stereocenters. The Balaban J connectivity index is 1.73. The van der Waals surface area contributed by atoms with E-state index < -0.39 is 28.9 Å². The second-order valence-electron chi connectivity index (χ2n) is 6.79. The first-order valence-electron chi connectivity index (χ1n) is 9.84. The lowest BCUT2D eigenvalue weighted by atomic mass is 10.1. The van der Waals surface area contributed by atoms with Gasteiger partial charge in [-0.2, -0.15) is 0 Å². The molecule has 0 radical (unpaired) electrons. The first-order valence-corrected chi connectivity index (χ1v) is 9.84. The number of ether oxygens (including phenoxy) is 1. The van der Waals surface area contributed by atoms with Crippen molar-refractivity contribution in [2.24, 2.45) is 0 Å². The summed E-state index contributed by atoms with van der Waals surface area (Å²) in [6.45, 7) is 0.456. The first-order chi connectivity index (χ1) is 15.4. The SMILES string of the molecule is O=C(NCCCC[C@H](NC(=O)c1ccc([N+](=O)[O-])cc1)C(=O)NO)OCc1ccccc1. The predicted octanol–water partition coefficient (Wildman–Crippen LogP) is 2.30. The van der Waals surface area contributed by atoms with Crippen LogP contribution in [0.3, 0.4) is 0 Å². The van der Waals surface area contributed by atoms with Gasteiger partial charge in [0.2, 0.25) is 0 Å². The Hall–Kier alpha value is -3.99. The molecule has 32 heavy (non-hydrogen) atoms. The third-order valence-electron chi connectivity index (χ3n) is 4.47. The molecule has 2 rings (SSSR count). The smallest absolute Gasteiger partial charge is 0.407 e. The van der Waals surface area contributed by atoms with Crippen LogP contribution in [-0.2, 0) is 16.1 Å². The van der Waals surface area contributed by atoms with Crippen LogP contribution >= 0.6 is 0 Å². The lowest BCUT2D eigenvalue weighted by molar-refractivity contribution is -0.384. The van der Waals surface area contributed by atoms with Crippen molar-refractivity contribution in [1.82, 2.24) is 16.1 Å². The van der Waals surface area contributed by atoms with Crippen LogP contribution < -0.4 is 16.1 Å². The van der Waals surface area contributed by atoms with Gasteiger partial charge < -0.3 is 15.4 Å². The van der Waals surface area contributed by atoms with Crippen LogP contribution in [0.1, 0.15) is 35.2 Å². The molecule has 11 heteroatoms.